The van der Waals surface area contributed by atoms with Crippen molar-refractivity contribution in [1.82, 2.24) is 0 Å². The topological polar surface area (TPSA) is 26.3 Å². The highest BCUT2D eigenvalue weighted by Crippen LogP contribution is 2.18. The van der Waals surface area contributed by atoms with Gasteiger partial charge in [-0.2, -0.15) is 0 Å². The van der Waals surface area contributed by atoms with Gasteiger partial charge in [-0.05, 0) is 20.3 Å². The van der Waals surface area contributed by atoms with E-state index < -0.39 is 0 Å². The van der Waals surface area contributed by atoms with Crippen LogP contribution >= 0.6 is 8.69 Å². The van der Waals surface area contributed by atoms with E-state index in [2.05, 4.69) is 0 Å². The minimum absolute atomic E-state index is 0. The first-order chi connectivity index (χ1) is 3.62. The van der Waals surface area contributed by atoms with Crippen LogP contribution in [0.4, 0.5) is 0 Å². The van der Waals surface area contributed by atoms with Crippen LogP contribution in [-0.4, -0.2) is 23.0 Å². The summed E-state index contributed by atoms with van der Waals surface area (Å²) in [5, 5.41) is 0. The maximum absolute atomic E-state index is 9.85. The molecule has 0 amide bonds. The maximum atomic E-state index is 9.85. The van der Waals surface area contributed by atoms with Crippen LogP contribution in [0.2, 0.25) is 0 Å². The van der Waals surface area contributed by atoms with Crippen LogP contribution in [0.3, 0.4) is 0 Å². The van der Waals surface area contributed by atoms with Crippen molar-refractivity contribution in [1.29, 1.82) is 0 Å². The summed E-state index contributed by atoms with van der Waals surface area (Å²) in [6.45, 7) is 5.79. The Hall–Kier alpha value is 0.592. The third kappa shape index (κ3) is 6.48. The van der Waals surface area contributed by atoms with Crippen LogP contribution < -0.4 is 0 Å². The highest BCUT2D eigenvalue weighted by molar-refractivity contribution is 7.17. The molecule has 54 valence electrons. The normalized spacial score (nSPS) is 11.0. The van der Waals surface area contributed by atoms with E-state index in [1.54, 1.807) is 0 Å². The standard InChI is InChI=1S/C5H11O2P.Al.3H/c1-4-5(2,3)7-8-6;;;;/h4H2,1-3H3;;;;. The first kappa shape index (κ1) is 12.3. The molecule has 0 atom stereocenters. The van der Waals surface area contributed by atoms with E-state index in [1.165, 1.54) is 0 Å². The SMILES string of the molecule is CCC(C)(C)OP=O.[AlH3]. The Morgan fingerprint density at radius 3 is 2.11 bits per heavy atom. The molecule has 0 bridgehead atoms. The van der Waals surface area contributed by atoms with Crippen molar-refractivity contribution < 1.29 is 9.09 Å². The van der Waals surface area contributed by atoms with Gasteiger partial charge >= 0.3 is 8.69 Å². The second-order valence-corrected chi connectivity index (χ2v) is 2.61. The van der Waals surface area contributed by atoms with Gasteiger partial charge in [0, 0.05) is 0 Å². The maximum Gasteiger partial charge on any atom is 0.327 e. The van der Waals surface area contributed by atoms with Crippen molar-refractivity contribution in [3.63, 3.8) is 0 Å². The van der Waals surface area contributed by atoms with Crippen LogP contribution in [0.15, 0.2) is 0 Å². The Labute approximate surface area is 68.4 Å². The first-order valence-electron chi connectivity index (χ1n) is 2.63. The summed E-state index contributed by atoms with van der Waals surface area (Å²) in [5.41, 5.74) is -0.233. The molecule has 0 aliphatic heterocycles. The van der Waals surface area contributed by atoms with Gasteiger partial charge in [-0.15, -0.1) is 0 Å². The lowest BCUT2D eigenvalue weighted by Crippen LogP contribution is -2.17. The average molecular weight is 164 g/mol. The molecule has 0 heterocycles. The lowest BCUT2D eigenvalue weighted by atomic mass is 10.1. The van der Waals surface area contributed by atoms with Crippen LogP contribution in [0.1, 0.15) is 27.2 Å². The Morgan fingerprint density at radius 1 is 1.56 bits per heavy atom. The zero-order chi connectivity index (χ0) is 6.62. The van der Waals surface area contributed by atoms with Crippen LogP contribution in [-0.2, 0) is 9.09 Å². The summed E-state index contributed by atoms with van der Waals surface area (Å²) in [6.07, 6.45) is 0.877. The van der Waals surface area contributed by atoms with Crippen LogP contribution in [0.5, 0.6) is 0 Å². The second-order valence-electron chi connectivity index (χ2n) is 2.28. The van der Waals surface area contributed by atoms with Crippen molar-refractivity contribution in [3.05, 3.63) is 0 Å². The van der Waals surface area contributed by atoms with E-state index >= 15 is 0 Å². The fourth-order valence-electron chi connectivity index (χ4n) is 0.165. The molecule has 4 heteroatoms. The zero-order valence-electron chi connectivity index (χ0n) is 5.47. The molecule has 0 aromatic heterocycles. The lowest BCUT2D eigenvalue weighted by Gasteiger charge is -2.16. The Morgan fingerprint density at radius 2 is 2.00 bits per heavy atom. The summed E-state index contributed by atoms with van der Waals surface area (Å²) < 4.78 is 14.6. The zero-order valence-corrected chi connectivity index (χ0v) is 6.37. The number of hydrogen-bond donors (Lipinski definition) is 0. The molecule has 0 N–H and O–H groups in total. The van der Waals surface area contributed by atoms with Gasteiger partial charge in [0.25, 0.3) is 0 Å². The van der Waals surface area contributed by atoms with Crippen molar-refractivity contribution >= 4 is 26.0 Å². The summed E-state index contributed by atoms with van der Waals surface area (Å²) in [6, 6.07) is 0. The molecular weight excluding hydrogens is 150 g/mol. The molecule has 0 aromatic carbocycles. The highest BCUT2D eigenvalue weighted by Gasteiger charge is 2.14. The van der Waals surface area contributed by atoms with Gasteiger partial charge in [-0.3, -0.25) is 4.52 Å². The van der Waals surface area contributed by atoms with Gasteiger partial charge in [0.05, 0.1) is 5.60 Å². The monoisotopic (exact) mass is 164 g/mol. The van der Waals surface area contributed by atoms with Crippen molar-refractivity contribution in [3.8, 4) is 0 Å². The lowest BCUT2D eigenvalue weighted by molar-refractivity contribution is 0.123. The van der Waals surface area contributed by atoms with Gasteiger partial charge < -0.3 is 0 Å². The second kappa shape index (κ2) is 5.38. The number of rotatable bonds is 3. The molecular formula is C5H14AlO2P. The molecule has 0 rings (SSSR count). The third-order valence-electron chi connectivity index (χ3n) is 1.14. The fraction of sp³-hybridized carbons (Fsp3) is 1.00. The summed E-state index contributed by atoms with van der Waals surface area (Å²) in [5.74, 6) is 0. The fourth-order valence-corrected chi connectivity index (χ4v) is 0.496. The molecule has 0 unspecified atom stereocenters. The van der Waals surface area contributed by atoms with E-state index in [0.717, 1.165) is 6.42 Å². The molecule has 0 aromatic rings. The molecule has 9 heavy (non-hydrogen) atoms. The van der Waals surface area contributed by atoms with E-state index in [4.69, 9.17) is 4.52 Å². The van der Waals surface area contributed by atoms with E-state index in [0.29, 0.717) is 0 Å². The van der Waals surface area contributed by atoms with Crippen LogP contribution in [0.25, 0.3) is 0 Å². The molecule has 0 saturated heterocycles. The predicted molar refractivity (Wildman–Crippen MR) is 43.0 cm³/mol. The summed E-state index contributed by atoms with van der Waals surface area (Å²) in [4.78, 5) is 0. The van der Waals surface area contributed by atoms with Gasteiger partial charge in [0.15, 0.2) is 17.4 Å². The van der Waals surface area contributed by atoms with Gasteiger partial charge in [-0.1, -0.05) is 6.92 Å². The summed E-state index contributed by atoms with van der Waals surface area (Å²) in [7, 11) is -0.225. The molecule has 0 saturated carbocycles. The Bertz CT molecular complexity index is 85.0. The average Bonchev–Trinajstić information content (AvgIpc) is 1.67. The van der Waals surface area contributed by atoms with Crippen LogP contribution in [0, 0.1) is 0 Å². The third-order valence-corrected chi connectivity index (χ3v) is 1.70. The van der Waals surface area contributed by atoms with E-state index in [-0.39, 0.29) is 31.6 Å². The molecule has 0 aliphatic carbocycles. The molecule has 0 aliphatic rings. The smallest absolute Gasteiger partial charge is 0.288 e. The van der Waals surface area contributed by atoms with Crippen molar-refractivity contribution in [2.75, 3.05) is 0 Å². The van der Waals surface area contributed by atoms with E-state index in [1.807, 2.05) is 20.8 Å². The Kier molecular flexibility index (Phi) is 7.35. The van der Waals surface area contributed by atoms with Gasteiger partial charge in [-0.25, -0.2) is 4.57 Å². The minimum atomic E-state index is -0.233. The van der Waals surface area contributed by atoms with Gasteiger partial charge in [0.2, 0.25) is 0 Å². The van der Waals surface area contributed by atoms with E-state index in [9.17, 15) is 4.57 Å². The molecule has 2 nitrogen and oxygen atoms in total. The minimum Gasteiger partial charge on any atom is -0.288 e. The molecule has 0 radical (unpaired) electrons. The predicted octanol–water partition coefficient (Wildman–Crippen LogP) is 1.21. The Balaban J connectivity index is 0. The largest absolute Gasteiger partial charge is 0.327 e. The van der Waals surface area contributed by atoms with Crippen molar-refractivity contribution in [2.45, 2.75) is 32.8 Å². The number of hydrogen-bond acceptors (Lipinski definition) is 2. The highest BCUT2D eigenvalue weighted by atomic mass is 31.1. The summed E-state index contributed by atoms with van der Waals surface area (Å²) >= 11 is 0. The first-order valence-corrected chi connectivity index (χ1v) is 3.36. The molecule has 0 spiro atoms. The quantitative estimate of drug-likeness (QED) is 0.463. The van der Waals surface area contributed by atoms with Gasteiger partial charge in [0.1, 0.15) is 0 Å². The molecule has 0 fully saturated rings. The van der Waals surface area contributed by atoms with Crippen molar-refractivity contribution in [2.24, 2.45) is 0 Å².